The molecule has 0 N–H and O–H groups in total. The monoisotopic (exact) mass is 596 g/mol. The first kappa shape index (κ1) is 26.1. The van der Waals surface area contributed by atoms with Gasteiger partial charge in [-0.05, 0) is 94.7 Å². The summed E-state index contributed by atoms with van der Waals surface area (Å²) in [6.07, 6.45) is 0. The number of hydrogen-bond donors (Lipinski definition) is 0. The summed E-state index contributed by atoms with van der Waals surface area (Å²) in [7, 11) is 0. The summed E-state index contributed by atoms with van der Waals surface area (Å²) in [6.45, 7) is 0. The Labute approximate surface area is 271 Å². The molecule has 9 aromatic carbocycles. The van der Waals surface area contributed by atoms with Crippen molar-refractivity contribution >= 4 is 65.0 Å². The molecule has 1 heterocycles. The Bertz CT molecular complexity index is 2800. The van der Waals surface area contributed by atoms with Gasteiger partial charge in [-0.3, -0.25) is 0 Å². The summed E-state index contributed by atoms with van der Waals surface area (Å²) in [4.78, 5) is 0. The Morgan fingerprint density at radius 2 is 0.809 bits per heavy atom. The van der Waals surface area contributed by atoms with Gasteiger partial charge in [0.05, 0.1) is 0 Å². The fraction of sp³-hybridized carbons (Fsp3) is 0. The average Bonchev–Trinajstić information content (AvgIpc) is 3.53. The van der Waals surface area contributed by atoms with Crippen LogP contribution in [0.3, 0.4) is 0 Å². The molecule has 1 heteroatoms. The fourth-order valence-electron chi connectivity index (χ4n) is 7.82. The molecule has 10 rings (SSSR count). The van der Waals surface area contributed by atoms with Crippen molar-refractivity contribution in [2.75, 3.05) is 0 Å². The quantitative estimate of drug-likeness (QED) is 0.185. The molecular weight excluding hydrogens is 569 g/mol. The molecule has 47 heavy (non-hydrogen) atoms. The third-order valence-electron chi connectivity index (χ3n) is 9.86. The lowest BCUT2D eigenvalue weighted by Crippen LogP contribution is -1.93. The van der Waals surface area contributed by atoms with Crippen molar-refractivity contribution in [2.24, 2.45) is 0 Å². The lowest BCUT2D eigenvalue weighted by atomic mass is 9.83. The number of hydrogen-bond acceptors (Lipinski definition) is 1. The standard InChI is InChI=1S/C46H28O/c1-2-13-30-28-31(25-24-29(30)12-1)32-26-27-39(34-15-4-3-14-33(32)34)44-35-16-5-7-18-37(35)45(38-19-8-6-17-36(38)44)41-21-11-23-43-46(41)40-20-9-10-22-42(40)47-43/h1-28H. The van der Waals surface area contributed by atoms with Crippen molar-refractivity contribution in [3.63, 3.8) is 0 Å². The van der Waals surface area contributed by atoms with Gasteiger partial charge in [-0.2, -0.15) is 0 Å². The second-order valence-electron chi connectivity index (χ2n) is 12.4. The van der Waals surface area contributed by atoms with E-state index in [0.717, 1.165) is 21.9 Å². The van der Waals surface area contributed by atoms with Crippen LogP contribution in [0.25, 0.3) is 98.4 Å². The van der Waals surface area contributed by atoms with Gasteiger partial charge in [0.2, 0.25) is 0 Å². The predicted molar refractivity (Wildman–Crippen MR) is 200 cm³/mol. The molecule has 1 aromatic heterocycles. The van der Waals surface area contributed by atoms with E-state index < -0.39 is 0 Å². The molecule has 0 saturated heterocycles. The molecule has 0 fully saturated rings. The molecule has 0 radical (unpaired) electrons. The topological polar surface area (TPSA) is 13.1 Å². The van der Waals surface area contributed by atoms with Crippen LogP contribution >= 0.6 is 0 Å². The number of fused-ring (bicyclic) bond motifs is 7. The molecule has 0 spiro atoms. The van der Waals surface area contributed by atoms with E-state index in [2.05, 4.69) is 164 Å². The molecule has 10 aromatic rings. The first-order valence-electron chi connectivity index (χ1n) is 16.2. The van der Waals surface area contributed by atoms with Gasteiger partial charge in [-0.25, -0.2) is 0 Å². The summed E-state index contributed by atoms with van der Waals surface area (Å²) >= 11 is 0. The Morgan fingerprint density at radius 1 is 0.298 bits per heavy atom. The summed E-state index contributed by atoms with van der Waals surface area (Å²) in [5.74, 6) is 0. The molecule has 0 aliphatic rings. The van der Waals surface area contributed by atoms with Gasteiger partial charge >= 0.3 is 0 Å². The third kappa shape index (κ3) is 3.90. The van der Waals surface area contributed by atoms with E-state index in [4.69, 9.17) is 4.42 Å². The highest BCUT2D eigenvalue weighted by Gasteiger charge is 2.21. The minimum absolute atomic E-state index is 0.913. The van der Waals surface area contributed by atoms with Crippen molar-refractivity contribution in [3.05, 3.63) is 170 Å². The molecule has 0 amide bonds. The maximum atomic E-state index is 6.35. The van der Waals surface area contributed by atoms with Crippen molar-refractivity contribution in [3.8, 4) is 33.4 Å². The Kier molecular flexibility index (Phi) is 5.64. The van der Waals surface area contributed by atoms with Crippen LogP contribution in [0, 0.1) is 0 Å². The molecule has 0 bridgehead atoms. The zero-order valence-corrected chi connectivity index (χ0v) is 25.6. The van der Waals surface area contributed by atoms with Gasteiger partial charge in [-0.15, -0.1) is 0 Å². The fourth-order valence-corrected chi connectivity index (χ4v) is 7.82. The van der Waals surface area contributed by atoms with E-state index in [1.807, 2.05) is 6.07 Å². The van der Waals surface area contributed by atoms with E-state index in [0.29, 0.717) is 0 Å². The van der Waals surface area contributed by atoms with Gasteiger partial charge in [0.25, 0.3) is 0 Å². The maximum Gasteiger partial charge on any atom is 0.136 e. The summed E-state index contributed by atoms with van der Waals surface area (Å²) in [6, 6.07) is 61.6. The lowest BCUT2D eigenvalue weighted by Gasteiger charge is -2.20. The molecule has 0 unspecified atom stereocenters. The van der Waals surface area contributed by atoms with Crippen LogP contribution in [0.15, 0.2) is 174 Å². The van der Waals surface area contributed by atoms with Gasteiger partial charge in [-0.1, -0.05) is 152 Å². The third-order valence-corrected chi connectivity index (χ3v) is 9.86. The number of para-hydroxylation sites is 1. The second-order valence-corrected chi connectivity index (χ2v) is 12.4. The highest BCUT2D eigenvalue weighted by Crippen LogP contribution is 2.48. The Balaban J connectivity index is 1.29. The van der Waals surface area contributed by atoms with Crippen LogP contribution < -0.4 is 0 Å². The van der Waals surface area contributed by atoms with Crippen molar-refractivity contribution < 1.29 is 4.42 Å². The highest BCUT2D eigenvalue weighted by atomic mass is 16.3. The SMILES string of the molecule is c1ccc2cc(-c3ccc(-c4c5ccccc5c(-c5cccc6oc7ccccc7c56)c5ccccc45)c4ccccc34)ccc2c1. The largest absolute Gasteiger partial charge is 0.456 e. The van der Waals surface area contributed by atoms with E-state index >= 15 is 0 Å². The van der Waals surface area contributed by atoms with Crippen LogP contribution in [-0.2, 0) is 0 Å². The predicted octanol–water partition coefficient (Wildman–Crippen LogP) is 13.2. The minimum atomic E-state index is 0.913. The molecule has 1 nitrogen and oxygen atoms in total. The number of benzene rings is 9. The first-order chi connectivity index (χ1) is 23.3. The first-order valence-corrected chi connectivity index (χ1v) is 16.2. The maximum absolute atomic E-state index is 6.35. The normalized spacial score (nSPS) is 11.8. The van der Waals surface area contributed by atoms with Crippen LogP contribution in [0.4, 0.5) is 0 Å². The molecule has 218 valence electrons. The number of rotatable bonds is 3. The zero-order chi connectivity index (χ0) is 30.9. The van der Waals surface area contributed by atoms with Crippen LogP contribution in [0.2, 0.25) is 0 Å². The van der Waals surface area contributed by atoms with Crippen LogP contribution in [0.1, 0.15) is 0 Å². The van der Waals surface area contributed by atoms with E-state index in [9.17, 15) is 0 Å². The second kappa shape index (κ2) is 10.2. The molecule has 0 aliphatic carbocycles. The number of furan rings is 1. The molecule has 0 saturated carbocycles. The van der Waals surface area contributed by atoms with Gasteiger partial charge < -0.3 is 4.42 Å². The Hall–Kier alpha value is -6.18. The van der Waals surface area contributed by atoms with Gasteiger partial charge in [0.15, 0.2) is 0 Å². The molecule has 0 aliphatic heterocycles. The summed E-state index contributed by atoms with van der Waals surface area (Å²) < 4.78 is 6.35. The lowest BCUT2D eigenvalue weighted by molar-refractivity contribution is 0.669. The minimum Gasteiger partial charge on any atom is -0.456 e. The molecular formula is C46H28O. The van der Waals surface area contributed by atoms with Crippen LogP contribution in [-0.4, -0.2) is 0 Å². The Morgan fingerprint density at radius 3 is 1.51 bits per heavy atom. The van der Waals surface area contributed by atoms with Crippen molar-refractivity contribution in [1.82, 2.24) is 0 Å². The van der Waals surface area contributed by atoms with E-state index in [-0.39, 0.29) is 0 Å². The van der Waals surface area contributed by atoms with E-state index in [1.165, 1.54) is 76.5 Å². The zero-order valence-electron chi connectivity index (χ0n) is 25.6. The highest BCUT2D eigenvalue weighted by molar-refractivity contribution is 6.27. The average molecular weight is 597 g/mol. The molecule has 0 atom stereocenters. The smallest absolute Gasteiger partial charge is 0.136 e. The van der Waals surface area contributed by atoms with Crippen molar-refractivity contribution in [1.29, 1.82) is 0 Å². The summed E-state index contributed by atoms with van der Waals surface area (Å²) in [5.41, 5.74) is 9.27. The van der Waals surface area contributed by atoms with Gasteiger partial charge in [0, 0.05) is 10.8 Å². The van der Waals surface area contributed by atoms with Crippen LogP contribution in [0.5, 0.6) is 0 Å². The summed E-state index contributed by atoms with van der Waals surface area (Å²) in [5, 5.41) is 12.3. The van der Waals surface area contributed by atoms with Gasteiger partial charge in [0.1, 0.15) is 11.2 Å². The van der Waals surface area contributed by atoms with E-state index in [1.54, 1.807) is 0 Å². The van der Waals surface area contributed by atoms with Crippen molar-refractivity contribution in [2.45, 2.75) is 0 Å².